The summed E-state index contributed by atoms with van der Waals surface area (Å²) in [6.45, 7) is 0. The summed E-state index contributed by atoms with van der Waals surface area (Å²) in [7, 11) is 0. The van der Waals surface area contributed by atoms with Gasteiger partial charge < -0.3 is 9.84 Å². The lowest BCUT2D eigenvalue weighted by Crippen LogP contribution is -2.10. The number of hydrogen-bond acceptors (Lipinski definition) is 3. The minimum Gasteiger partial charge on any atom is -0.508 e. The smallest absolute Gasteiger partial charge is 0.343 e. The zero-order valence-corrected chi connectivity index (χ0v) is 16.8. The van der Waals surface area contributed by atoms with Gasteiger partial charge in [-0.15, -0.1) is 0 Å². The van der Waals surface area contributed by atoms with E-state index in [4.69, 9.17) is 9.84 Å². The second kappa shape index (κ2) is 9.63. The molecule has 0 heterocycles. The minimum atomic E-state index is -0.326. The highest BCUT2D eigenvalue weighted by Crippen LogP contribution is 2.27. The summed E-state index contributed by atoms with van der Waals surface area (Å²) >= 11 is 4.31. The van der Waals surface area contributed by atoms with Crippen molar-refractivity contribution < 1.29 is 14.6 Å². The van der Waals surface area contributed by atoms with Crippen molar-refractivity contribution in [2.45, 2.75) is 0 Å². The van der Waals surface area contributed by atoms with Gasteiger partial charge in [0.25, 0.3) is 0 Å². The number of phenols is 1. The van der Waals surface area contributed by atoms with Gasteiger partial charge in [-0.3, -0.25) is 0 Å². The van der Waals surface area contributed by atoms with Crippen LogP contribution in [0.15, 0.2) is 78.9 Å². The van der Waals surface area contributed by atoms with Gasteiger partial charge in [-0.05, 0) is 81.6 Å². The Morgan fingerprint density at radius 1 is 0.750 bits per heavy atom. The topological polar surface area (TPSA) is 46.5 Å². The number of phenolic OH excluding ortho intramolecular Hbond substituents is 1. The number of halogens is 2. The van der Waals surface area contributed by atoms with E-state index in [1.54, 1.807) is 36.4 Å². The van der Waals surface area contributed by atoms with Crippen molar-refractivity contribution in [2.24, 2.45) is 0 Å². The van der Waals surface area contributed by atoms with Crippen molar-refractivity contribution in [3.8, 4) is 11.5 Å². The van der Waals surface area contributed by atoms with Crippen LogP contribution in [-0.4, -0.2) is 11.1 Å². The number of hydrogen-bond donors (Lipinski definition) is 1. The molecule has 3 aromatic carbocycles. The van der Waals surface area contributed by atoms with E-state index < -0.39 is 0 Å². The Morgan fingerprint density at radius 2 is 1.25 bits per heavy atom. The van der Waals surface area contributed by atoms with E-state index in [0.29, 0.717) is 17.1 Å². The fourth-order valence-corrected chi connectivity index (χ4v) is 3.47. The van der Waals surface area contributed by atoms with E-state index in [1.165, 1.54) is 0 Å². The van der Waals surface area contributed by atoms with Crippen LogP contribution < -0.4 is 4.74 Å². The molecule has 0 amide bonds. The molecule has 0 radical (unpaired) electrons. The number of aromatic hydroxyl groups is 1. The lowest BCUT2D eigenvalue weighted by atomic mass is 10.2. The quantitative estimate of drug-likeness (QED) is 0.263. The Hall–Kier alpha value is -1.61. The average Bonchev–Trinajstić information content (AvgIpc) is 2.60. The van der Waals surface area contributed by atoms with E-state index in [-0.39, 0.29) is 5.97 Å². The Bertz CT molecular complexity index is 770. The van der Waals surface area contributed by atoms with Crippen LogP contribution in [0.4, 0.5) is 0 Å². The number of esters is 1. The molecular formula is C19H14I2O3. The van der Waals surface area contributed by atoms with Crippen molar-refractivity contribution in [1.29, 1.82) is 0 Å². The second-order valence-electron chi connectivity index (χ2n) is 4.64. The van der Waals surface area contributed by atoms with Gasteiger partial charge in [0.05, 0.1) is 12.7 Å². The first kappa shape index (κ1) is 18.7. The normalized spacial score (nSPS) is 9.58. The number of para-hydroxylation sites is 2. The second-order valence-corrected chi connectivity index (χ2v) is 6.97. The number of carbonyl (C=O) groups excluding carboxylic acids is 1. The largest absolute Gasteiger partial charge is 0.508 e. The molecule has 3 nitrogen and oxygen atoms in total. The maximum Gasteiger partial charge on any atom is 0.343 e. The number of carbonyl (C=O) groups is 1. The molecule has 0 bridgehead atoms. The zero-order chi connectivity index (χ0) is 17.4. The van der Waals surface area contributed by atoms with Gasteiger partial charge >= 0.3 is 5.97 Å². The van der Waals surface area contributed by atoms with Gasteiger partial charge in [-0.25, -0.2) is 4.79 Å². The third kappa shape index (κ3) is 5.79. The van der Waals surface area contributed by atoms with E-state index in [2.05, 4.69) is 45.2 Å². The van der Waals surface area contributed by atoms with Gasteiger partial charge in [0.2, 0.25) is 0 Å². The van der Waals surface area contributed by atoms with Crippen molar-refractivity contribution in [2.75, 3.05) is 0 Å². The van der Waals surface area contributed by atoms with Crippen LogP contribution in [0.25, 0.3) is 0 Å². The Balaban J connectivity index is 0.000000249. The molecule has 0 atom stereocenters. The summed E-state index contributed by atoms with van der Waals surface area (Å²) in [4.78, 5) is 11.9. The Labute approximate surface area is 168 Å². The van der Waals surface area contributed by atoms with Crippen LogP contribution in [0.5, 0.6) is 11.5 Å². The van der Waals surface area contributed by atoms with Gasteiger partial charge in [-0.2, -0.15) is 0 Å². The maximum atomic E-state index is 11.9. The number of rotatable bonds is 2. The molecule has 0 spiro atoms. The molecule has 1 N–H and O–H groups in total. The fourth-order valence-electron chi connectivity index (χ4n) is 1.73. The molecule has 0 aromatic heterocycles. The first-order valence-corrected chi connectivity index (χ1v) is 9.19. The molecule has 122 valence electrons. The van der Waals surface area contributed by atoms with E-state index in [0.717, 1.165) is 7.14 Å². The van der Waals surface area contributed by atoms with Crippen LogP contribution in [0, 0.1) is 7.14 Å². The van der Waals surface area contributed by atoms with Crippen molar-refractivity contribution in [1.82, 2.24) is 0 Å². The lowest BCUT2D eigenvalue weighted by Gasteiger charge is -2.08. The highest BCUT2D eigenvalue weighted by molar-refractivity contribution is 14.1. The molecule has 24 heavy (non-hydrogen) atoms. The van der Waals surface area contributed by atoms with Crippen LogP contribution in [0.2, 0.25) is 0 Å². The van der Waals surface area contributed by atoms with Crippen molar-refractivity contribution >= 4 is 51.2 Å². The average molecular weight is 544 g/mol. The van der Waals surface area contributed by atoms with Gasteiger partial charge in [0.1, 0.15) is 5.75 Å². The molecule has 5 heteroatoms. The molecule has 0 aliphatic carbocycles. The van der Waals surface area contributed by atoms with E-state index in [1.807, 2.05) is 42.5 Å². The maximum absolute atomic E-state index is 11.9. The Morgan fingerprint density at radius 3 is 1.71 bits per heavy atom. The Kier molecular flexibility index (Phi) is 7.51. The molecule has 0 aliphatic heterocycles. The molecule has 0 fully saturated rings. The fraction of sp³-hybridized carbons (Fsp3) is 0. The predicted octanol–water partition coefficient (Wildman–Crippen LogP) is 5.51. The standard InChI is InChI=1S/C13H8I2O2.C6H6O/c14-10-7-4-8-11(15)12(10)17-13(16)9-5-2-1-3-6-9;7-6-4-2-1-3-5-6/h1-8H;1-5,7H. The van der Waals surface area contributed by atoms with Crippen molar-refractivity contribution in [3.05, 3.63) is 91.6 Å². The molecular weight excluding hydrogens is 530 g/mol. The van der Waals surface area contributed by atoms with Crippen molar-refractivity contribution in [3.63, 3.8) is 0 Å². The molecule has 0 saturated carbocycles. The van der Waals surface area contributed by atoms with Crippen LogP contribution >= 0.6 is 45.2 Å². The number of ether oxygens (including phenoxy) is 1. The van der Waals surface area contributed by atoms with E-state index >= 15 is 0 Å². The SMILES string of the molecule is O=C(Oc1c(I)cccc1I)c1ccccc1.Oc1ccccc1. The summed E-state index contributed by atoms with van der Waals surface area (Å²) in [5, 5.41) is 8.63. The molecule has 0 unspecified atom stereocenters. The first-order valence-electron chi connectivity index (χ1n) is 7.03. The summed E-state index contributed by atoms with van der Waals surface area (Å²) in [5.41, 5.74) is 0.558. The molecule has 0 aliphatic rings. The van der Waals surface area contributed by atoms with Gasteiger partial charge in [0.15, 0.2) is 5.75 Å². The number of benzene rings is 3. The highest BCUT2D eigenvalue weighted by Gasteiger charge is 2.12. The predicted molar refractivity (Wildman–Crippen MR) is 111 cm³/mol. The highest BCUT2D eigenvalue weighted by atomic mass is 127. The first-order chi connectivity index (χ1) is 11.6. The summed E-state index contributed by atoms with van der Waals surface area (Å²) in [6, 6.07) is 23.5. The summed E-state index contributed by atoms with van der Waals surface area (Å²) < 4.78 is 7.27. The summed E-state index contributed by atoms with van der Waals surface area (Å²) in [6.07, 6.45) is 0. The molecule has 0 saturated heterocycles. The van der Waals surface area contributed by atoms with Crippen LogP contribution in [0.3, 0.4) is 0 Å². The van der Waals surface area contributed by atoms with E-state index in [9.17, 15) is 4.79 Å². The van der Waals surface area contributed by atoms with Gasteiger partial charge in [0, 0.05) is 0 Å². The monoisotopic (exact) mass is 544 g/mol. The zero-order valence-electron chi connectivity index (χ0n) is 12.5. The molecule has 3 rings (SSSR count). The summed E-state index contributed by atoms with van der Waals surface area (Å²) in [5.74, 6) is 0.623. The van der Waals surface area contributed by atoms with Crippen LogP contribution in [-0.2, 0) is 0 Å². The third-order valence-electron chi connectivity index (χ3n) is 2.88. The minimum absolute atomic E-state index is 0.322. The lowest BCUT2D eigenvalue weighted by molar-refractivity contribution is 0.0732. The van der Waals surface area contributed by atoms with Crippen LogP contribution in [0.1, 0.15) is 10.4 Å². The third-order valence-corrected chi connectivity index (χ3v) is 4.58. The molecule has 3 aromatic rings. The van der Waals surface area contributed by atoms with Gasteiger partial charge in [-0.1, -0.05) is 42.5 Å².